The number of aromatic nitrogens is 3. The SMILES string of the molecule is c1ccc(-c2nn(-c3ccc4c(c3)OCCO4)c3c2CCCCN3)nc1. The van der Waals surface area contributed by atoms with Gasteiger partial charge in [0.15, 0.2) is 11.5 Å². The average molecular weight is 348 g/mol. The van der Waals surface area contributed by atoms with Gasteiger partial charge in [-0.15, -0.1) is 0 Å². The highest BCUT2D eigenvalue weighted by Gasteiger charge is 2.23. The van der Waals surface area contributed by atoms with E-state index in [0.717, 1.165) is 60.2 Å². The summed E-state index contributed by atoms with van der Waals surface area (Å²) in [6.45, 7) is 2.12. The molecule has 2 aliphatic rings. The maximum absolute atomic E-state index is 5.75. The van der Waals surface area contributed by atoms with Crippen molar-refractivity contribution in [3.8, 4) is 28.6 Å². The quantitative estimate of drug-likeness (QED) is 0.768. The number of hydrogen-bond donors (Lipinski definition) is 1. The summed E-state index contributed by atoms with van der Waals surface area (Å²) in [7, 11) is 0. The van der Waals surface area contributed by atoms with Gasteiger partial charge in [0.2, 0.25) is 0 Å². The molecule has 1 aromatic carbocycles. The molecule has 0 amide bonds. The molecule has 132 valence electrons. The van der Waals surface area contributed by atoms with Crippen LogP contribution in [0.4, 0.5) is 5.82 Å². The third kappa shape index (κ3) is 2.58. The van der Waals surface area contributed by atoms with E-state index in [0.29, 0.717) is 13.2 Å². The lowest BCUT2D eigenvalue weighted by Crippen LogP contribution is -2.15. The number of hydrogen-bond acceptors (Lipinski definition) is 5. The van der Waals surface area contributed by atoms with Gasteiger partial charge in [-0.2, -0.15) is 5.10 Å². The van der Waals surface area contributed by atoms with Gasteiger partial charge in [0.25, 0.3) is 0 Å². The summed E-state index contributed by atoms with van der Waals surface area (Å²) in [6, 6.07) is 11.9. The number of benzene rings is 1. The number of nitrogens with one attached hydrogen (secondary N) is 1. The van der Waals surface area contributed by atoms with Crippen molar-refractivity contribution in [2.45, 2.75) is 19.3 Å². The molecule has 3 aromatic rings. The highest BCUT2D eigenvalue weighted by Crippen LogP contribution is 2.36. The Morgan fingerprint density at radius 1 is 1.00 bits per heavy atom. The van der Waals surface area contributed by atoms with Crippen LogP contribution in [0.1, 0.15) is 18.4 Å². The molecular formula is C20H20N4O2. The number of ether oxygens (including phenoxy) is 2. The summed E-state index contributed by atoms with van der Waals surface area (Å²) in [4.78, 5) is 4.52. The zero-order chi connectivity index (χ0) is 17.3. The van der Waals surface area contributed by atoms with Crippen molar-refractivity contribution in [1.82, 2.24) is 14.8 Å². The minimum absolute atomic E-state index is 0.575. The lowest BCUT2D eigenvalue weighted by molar-refractivity contribution is 0.171. The molecule has 0 aliphatic carbocycles. The first-order valence-corrected chi connectivity index (χ1v) is 9.07. The molecule has 0 saturated heterocycles. The molecule has 5 rings (SSSR count). The van der Waals surface area contributed by atoms with Gasteiger partial charge in [-0.3, -0.25) is 4.98 Å². The van der Waals surface area contributed by atoms with Gasteiger partial charge in [0.1, 0.15) is 24.7 Å². The van der Waals surface area contributed by atoms with E-state index in [1.54, 1.807) is 0 Å². The van der Waals surface area contributed by atoms with Crippen molar-refractivity contribution in [2.75, 3.05) is 25.1 Å². The molecule has 4 heterocycles. The molecule has 26 heavy (non-hydrogen) atoms. The van der Waals surface area contributed by atoms with Crippen LogP contribution in [0.3, 0.4) is 0 Å². The molecule has 0 saturated carbocycles. The summed E-state index contributed by atoms with van der Waals surface area (Å²) in [6.07, 6.45) is 5.11. The van der Waals surface area contributed by atoms with E-state index in [4.69, 9.17) is 14.6 Å². The Kier molecular flexibility index (Phi) is 3.74. The Morgan fingerprint density at radius 3 is 2.81 bits per heavy atom. The second kappa shape index (κ2) is 6.37. The minimum Gasteiger partial charge on any atom is -0.486 e. The number of rotatable bonds is 2. The smallest absolute Gasteiger partial charge is 0.163 e. The Labute approximate surface area is 151 Å². The van der Waals surface area contributed by atoms with E-state index in [9.17, 15) is 0 Å². The second-order valence-corrected chi connectivity index (χ2v) is 6.51. The molecule has 0 bridgehead atoms. The standard InChI is InChI=1S/C20H20N4O2/c1-3-10-22-20-15(5-1)19(16-6-2-4-9-21-16)23-24(20)14-7-8-17-18(13-14)26-12-11-25-17/h2,4,6-9,13,22H,1,3,5,10-12H2. The fourth-order valence-electron chi connectivity index (χ4n) is 3.56. The van der Waals surface area contributed by atoms with Crippen LogP contribution in [-0.4, -0.2) is 34.5 Å². The van der Waals surface area contributed by atoms with Gasteiger partial charge in [-0.25, -0.2) is 4.68 Å². The molecule has 6 nitrogen and oxygen atoms in total. The second-order valence-electron chi connectivity index (χ2n) is 6.51. The van der Waals surface area contributed by atoms with Crippen LogP contribution in [0.2, 0.25) is 0 Å². The summed E-state index contributed by atoms with van der Waals surface area (Å²) in [5, 5.41) is 8.48. The van der Waals surface area contributed by atoms with Crippen LogP contribution in [0, 0.1) is 0 Å². The van der Waals surface area contributed by atoms with Crippen molar-refractivity contribution < 1.29 is 9.47 Å². The van der Waals surface area contributed by atoms with Crippen LogP contribution in [0.5, 0.6) is 11.5 Å². The van der Waals surface area contributed by atoms with E-state index in [2.05, 4.69) is 10.3 Å². The molecule has 0 unspecified atom stereocenters. The van der Waals surface area contributed by atoms with Crippen LogP contribution in [-0.2, 0) is 6.42 Å². The van der Waals surface area contributed by atoms with Crippen molar-refractivity contribution in [2.24, 2.45) is 0 Å². The molecule has 0 atom stereocenters. The predicted octanol–water partition coefficient (Wildman–Crippen LogP) is 3.45. The van der Waals surface area contributed by atoms with Crippen molar-refractivity contribution in [1.29, 1.82) is 0 Å². The van der Waals surface area contributed by atoms with Crippen LogP contribution < -0.4 is 14.8 Å². The minimum atomic E-state index is 0.575. The summed E-state index contributed by atoms with van der Waals surface area (Å²) in [5.41, 5.74) is 4.05. The number of pyridine rings is 1. The predicted molar refractivity (Wildman–Crippen MR) is 99.2 cm³/mol. The monoisotopic (exact) mass is 348 g/mol. The molecule has 0 spiro atoms. The lowest BCUT2D eigenvalue weighted by atomic mass is 10.1. The van der Waals surface area contributed by atoms with Gasteiger partial charge in [0, 0.05) is 24.4 Å². The highest BCUT2D eigenvalue weighted by atomic mass is 16.6. The Hall–Kier alpha value is -3.02. The first-order chi connectivity index (χ1) is 12.9. The Bertz CT molecular complexity index is 936. The largest absolute Gasteiger partial charge is 0.486 e. The molecular weight excluding hydrogens is 328 g/mol. The summed E-state index contributed by atoms with van der Waals surface area (Å²) >= 11 is 0. The third-order valence-electron chi connectivity index (χ3n) is 4.81. The Morgan fingerprint density at radius 2 is 1.92 bits per heavy atom. The van der Waals surface area contributed by atoms with Crippen LogP contribution in [0.25, 0.3) is 17.1 Å². The third-order valence-corrected chi connectivity index (χ3v) is 4.81. The molecule has 0 fully saturated rings. The number of fused-ring (bicyclic) bond motifs is 2. The van der Waals surface area contributed by atoms with E-state index >= 15 is 0 Å². The van der Waals surface area contributed by atoms with Gasteiger partial charge in [-0.1, -0.05) is 6.07 Å². The van der Waals surface area contributed by atoms with Gasteiger partial charge in [-0.05, 0) is 43.5 Å². The first-order valence-electron chi connectivity index (χ1n) is 9.07. The summed E-state index contributed by atoms with van der Waals surface area (Å²) < 4.78 is 13.4. The fraction of sp³-hybridized carbons (Fsp3) is 0.300. The highest BCUT2D eigenvalue weighted by molar-refractivity contribution is 5.69. The Balaban J connectivity index is 1.66. The molecule has 2 aliphatic heterocycles. The van der Waals surface area contributed by atoms with E-state index in [1.807, 2.05) is 47.3 Å². The van der Waals surface area contributed by atoms with E-state index in [-0.39, 0.29) is 0 Å². The number of nitrogens with zero attached hydrogens (tertiary/aromatic N) is 3. The van der Waals surface area contributed by atoms with Gasteiger partial charge < -0.3 is 14.8 Å². The van der Waals surface area contributed by atoms with Gasteiger partial charge in [0.05, 0.1) is 11.4 Å². The fourth-order valence-corrected chi connectivity index (χ4v) is 3.56. The first kappa shape index (κ1) is 15.3. The maximum atomic E-state index is 5.75. The normalized spacial score (nSPS) is 15.7. The maximum Gasteiger partial charge on any atom is 0.163 e. The van der Waals surface area contributed by atoms with Crippen molar-refractivity contribution in [3.05, 3.63) is 48.2 Å². The van der Waals surface area contributed by atoms with Crippen molar-refractivity contribution >= 4 is 5.82 Å². The van der Waals surface area contributed by atoms with E-state index in [1.165, 1.54) is 5.56 Å². The van der Waals surface area contributed by atoms with Crippen molar-refractivity contribution in [3.63, 3.8) is 0 Å². The van der Waals surface area contributed by atoms with Crippen LogP contribution >= 0.6 is 0 Å². The molecule has 2 aromatic heterocycles. The summed E-state index contributed by atoms with van der Waals surface area (Å²) in [5.74, 6) is 2.61. The van der Waals surface area contributed by atoms with Crippen LogP contribution in [0.15, 0.2) is 42.6 Å². The zero-order valence-corrected chi connectivity index (χ0v) is 14.4. The lowest BCUT2D eigenvalue weighted by Gasteiger charge is -2.19. The number of anilines is 1. The topological polar surface area (TPSA) is 61.2 Å². The molecule has 1 N–H and O–H groups in total. The van der Waals surface area contributed by atoms with Gasteiger partial charge >= 0.3 is 0 Å². The molecule has 6 heteroatoms. The average Bonchev–Trinajstić information content (AvgIpc) is 2.89. The zero-order valence-electron chi connectivity index (χ0n) is 14.4. The van der Waals surface area contributed by atoms with E-state index < -0.39 is 0 Å². The molecule has 0 radical (unpaired) electrons.